The summed E-state index contributed by atoms with van der Waals surface area (Å²) in [5, 5.41) is 5.71. The Morgan fingerprint density at radius 3 is 2.03 bits per heavy atom. The highest BCUT2D eigenvalue weighted by atomic mass is 16.6. The number of benzene rings is 3. The van der Waals surface area contributed by atoms with Gasteiger partial charge in [0.15, 0.2) is 0 Å². The van der Waals surface area contributed by atoms with Crippen molar-refractivity contribution in [1.82, 2.24) is 10.6 Å². The van der Waals surface area contributed by atoms with Gasteiger partial charge in [-0.05, 0) is 36.6 Å². The van der Waals surface area contributed by atoms with Crippen LogP contribution in [0.4, 0.5) is 4.79 Å². The van der Waals surface area contributed by atoms with E-state index in [4.69, 9.17) is 9.47 Å². The number of rotatable bonds is 12. The molecule has 0 saturated carbocycles. The molecule has 7 nitrogen and oxygen atoms in total. The van der Waals surface area contributed by atoms with Crippen molar-refractivity contribution in [3.63, 3.8) is 0 Å². The monoisotopic (exact) mass is 502 g/mol. The molecule has 0 unspecified atom stereocenters. The Morgan fingerprint density at radius 1 is 0.811 bits per heavy atom. The van der Waals surface area contributed by atoms with Gasteiger partial charge in [-0.2, -0.15) is 0 Å². The Hall–Kier alpha value is -4.13. The number of hydrogen-bond donors (Lipinski definition) is 2. The molecule has 2 amide bonds. The number of nitrogens with one attached hydrogen (secondary N) is 2. The topological polar surface area (TPSA) is 93.7 Å². The van der Waals surface area contributed by atoms with E-state index in [1.165, 1.54) is 0 Å². The molecule has 3 atom stereocenters. The summed E-state index contributed by atoms with van der Waals surface area (Å²) in [6.45, 7) is 3.94. The number of alkyl carbamates (subject to hydrolysis) is 1. The van der Waals surface area contributed by atoms with E-state index in [1.807, 2.05) is 74.5 Å². The molecule has 0 spiro atoms. The molecule has 0 aliphatic heterocycles. The molecule has 2 N–H and O–H groups in total. The Labute approximate surface area is 218 Å². The molecule has 7 heteroatoms. The number of esters is 1. The summed E-state index contributed by atoms with van der Waals surface area (Å²) in [5.74, 6) is -1.14. The molecule has 3 rings (SSSR count). The van der Waals surface area contributed by atoms with Gasteiger partial charge >= 0.3 is 12.1 Å². The highest BCUT2D eigenvalue weighted by Gasteiger charge is 2.34. The smallest absolute Gasteiger partial charge is 0.407 e. The summed E-state index contributed by atoms with van der Waals surface area (Å²) in [6, 6.07) is 26.1. The predicted molar refractivity (Wildman–Crippen MR) is 142 cm³/mol. The van der Waals surface area contributed by atoms with Gasteiger partial charge in [0.2, 0.25) is 6.10 Å². The predicted octanol–water partition coefficient (Wildman–Crippen LogP) is 5.57. The third kappa shape index (κ3) is 8.79. The standard InChI is InChI=1S/C30H34N2O5/c1-3-4-20-26(32-30(35)36-21-23-14-8-5-9-15-23)27(37-29(34)25-18-12-7-13-19-25)28(33)31-22(2)24-16-10-6-11-17-24/h5-19,22,26-27H,3-4,20-21H2,1-2H3,(H,31,33)(H,32,35)/t22-,26+,27-/m1/s1. The van der Waals surface area contributed by atoms with Crippen LogP contribution < -0.4 is 10.6 Å². The number of ether oxygens (including phenoxy) is 2. The van der Waals surface area contributed by atoms with Gasteiger partial charge in [0, 0.05) is 0 Å². The van der Waals surface area contributed by atoms with E-state index in [0.717, 1.165) is 17.5 Å². The van der Waals surface area contributed by atoms with E-state index in [0.29, 0.717) is 18.4 Å². The summed E-state index contributed by atoms with van der Waals surface area (Å²) in [5.41, 5.74) is 2.06. The van der Waals surface area contributed by atoms with Gasteiger partial charge in [0.1, 0.15) is 6.61 Å². The van der Waals surface area contributed by atoms with Crippen LogP contribution in [0, 0.1) is 0 Å². The van der Waals surface area contributed by atoms with Gasteiger partial charge in [0.05, 0.1) is 17.6 Å². The minimum absolute atomic E-state index is 0.0822. The van der Waals surface area contributed by atoms with Crippen LogP contribution in [0.15, 0.2) is 91.0 Å². The second-order valence-corrected chi connectivity index (χ2v) is 8.79. The van der Waals surface area contributed by atoms with E-state index < -0.39 is 30.1 Å². The first kappa shape index (κ1) is 27.5. The first-order valence-electron chi connectivity index (χ1n) is 12.6. The molecule has 194 valence electrons. The minimum atomic E-state index is -1.25. The second-order valence-electron chi connectivity index (χ2n) is 8.79. The maximum atomic E-state index is 13.5. The lowest BCUT2D eigenvalue weighted by molar-refractivity contribution is -0.132. The van der Waals surface area contributed by atoms with Crippen LogP contribution in [0.25, 0.3) is 0 Å². The highest BCUT2D eigenvalue weighted by Crippen LogP contribution is 2.16. The summed E-state index contributed by atoms with van der Waals surface area (Å²) >= 11 is 0. The summed E-state index contributed by atoms with van der Waals surface area (Å²) in [4.78, 5) is 39.1. The van der Waals surface area contributed by atoms with Gasteiger partial charge in [-0.3, -0.25) is 4.79 Å². The normalized spacial score (nSPS) is 13.0. The van der Waals surface area contributed by atoms with Crippen LogP contribution in [0.5, 0.6) is 0 Å². The molecule has 0 saturated heterocycles. The quantitative estimate of drug-likeness (QED) is 0.316. The average molecular weight is 503 g/mol. The largest absolute Gasteiger partial charge is 0.446 e. The second kappa shape index (κ2) is 14.4. The molecular formula is C30H34N2O5. The Kier molecular flexibility index (Phi) is 10.7. The molecule has 0 aliphatic rings. The van der Waals surface area contributed by atoms with E-state index in [9.17, 15) is 14.4 Å². The van der Waals surface area contributed by atoms with Crippen LogP contribution in [-0.4, -0.2) is 30.1 Å². The van der Waals surface area contributed by atoms with Crippen molar-refractivity contribution in [2.75, 3.05) is 0 Å². The molecule has 3 aromatic carbocycles. The number of carbonyl (C=O) groups is 3. The van der Waals surface area contributed by atoms with Crippen LogP contribution in [0.1, 0.15) is 60.6 Å². The third-order valence-corrected chi connectivity index (χ3v) is 5.91. The molecule has 0 aromatic heterocycles. The first-order valence-corrected chi connectivity index (χ1v) is 12.6. The van der Waals surface area contributed by atoms with Gasteiger partial charge in [-0.15, -0.1) is 0 Å². The molecule has 0 fully saturated rings. The summed E-state index contributed by atoms with van der Waals surface area (Å²) in [6.07, 6.45) is 0.0318. The molecule has 3 aromatic rings. The van der Waals surface area contributed by atoms with Crippen molar-refractivity contribution in [3.8, 4) is 0 Å². The molecule has 0 aliphatic carbocycles. The zero-order valence-corrected chi connectivity index (χ0v) is 21.3. The zero-order chi connectivity index (χ0) is 26.5. The zero-order valence-electron chi connectivity index (χ0n) is 21.3. The number of unbranched alkanes of at least 4 members (excludes halogenated alkanes) is 1. The number of carbonyl (C=O) groups excluding carboxylic acids is 3. The van der Waals surface area contributed by atoms with E-state index in [2.05, 4.69) is 10.6 Å². The maximum absolute atomic E-state index is 13.5. The molecule has 0 bridgehead atoms. The Bertz CT molecular complexity index is 1120. The lowest BCUT2D eigenvalue weighted by atomic mass is 10.0. The van der Waals surface area contributed by atoms with Crippen LogP contribution >= 0.6 is 0 Å². The van der Waals surface area contributed by atoms with Crippen molar-refractivity contribution in [2.45, 2.75) is 57.9 Å². The van der Waals surface area contributed by atoms with E-state index >= 15 is 0 Å². The lowest BCUT2D eigenvalue weighted by Gasteiger charge is -2.28. The van der Waals surface area contributed by atoms with Crippen LogP contribution in [-0.2, 0) is 20.9 Å². The fourth-order valence-corrected chi connectivity index (χ4v) is 3.84. The first-order chi connectivity index (χ1) is 18.0. The van der Waals surface area contributed by atoms with Crippen molar-refractivity contribution in [2.24, 2.45) is 0 Å². The summed E-state index contributed by atoms with van der Waals surface area (Å²) < 4.78 is 11.1. The summed E-state index contributed by atoms with van der Waals surface area (Å²) in [7, 11) is 0. The molecule has 0 radical (unpaired) electrons. The fourth-order valence-electron chi connectivity index (χ4n) is 3.84. The van der Waals surface area contributed by atoms with Crippen molar-refractivity contribution >= 4 is 18.0 Å². The van der Waals surface area contributed by atoms with Gasteiger partial charge in [0.25, 0.3) is 5.91 Å². The van der Waals surface area contributed by atoms with Gasteiger partial charge < -0.3 is 20.1 Å². The molecule has 37 heavy (non-hydrogen) atoms. The minimum Gasteiger partial charge on any atom is -0.446 e. The van der Waals surface area contributed by atoms with Gasteiger partial charge in [-0.1, -0.05) is 98.6 Å². The van der Waals surface area contributed by atoms with Gasteiger partial charge in [-0.25, -0.2) is 9.59 Å². The van der Waals surface area contributed by atoms with Crippen molar-refractivity contribution < 1.29 is 23.9 Å². The van der Waals surface area contributed by atoms with E-state index in [-0.39, 0.29) is 12.6 Å². The highest BCUT2D eigenvalue weighted by molar-refractivity contribution is 5.92. The van der Waals surface area contributed by atoms with Crippen LogP contribution in [0.2, 0.25) is 0 Å². The maximum Gasteiger partial charge on any atom is 0.407 e. The van der Waals surface area contributed by atoms with E-state index in [1.54, 1.807) is 30.3 Å². The van der Waals surface area contributed by atoms with Crippen LogP contribution in [0.3, 0.4) is 0 Å². The molecule has 0 heterocycles. The molecular weight excluding hydrogens is 468 g/mol. The lowest BCUT2D eigenvalue weighted by Crippen LogP contribution is -2.53. The SMILES string of the molecule is CCCC[C@H](NC(=O)OCc1ccccc1)[C@@H](OC(=O)c1ccccc1)C(=O)N[C@H](C)c1ccccc1. The third-order valence-electron chi connectivity index (χ3n) is 5.91. The number of amides is 2. The fraction of sp³-hybridized carbons (Fsp3) is 0.300. The Morgan fingerprint density at radius 2 is 1.41 bits per heavy atom. The van der Waals surface area contributed by atoms with Crippen molar-refractivity contribution in [1.29, 1.82) is 0 Å². The van der Waals surface area contributed by atoms with Crippen molar-refractivity contribution in [3.05, 3.63) is 108 Å². The number of hydrogen-bond acceptors (Lipinski definition) is 5. The Balaban J connectivity index is 1.78. The average Bonchev–Trinajstić information content (AvgIpc) is 2.94.